The topological polar surface area (TPSA) is 135 Å². The van der Waals surface area contributed by atoms with E-state index in [4.69, 9.17) is 22.1 Å². The molecule has 0 aliphatic heterocycles. The predicted molar refractivity (Wildman–Crippen MR) is 129 cm³/mol. The number of carbonyl (C=O) groups excluding carboxylic acids is 1. The van der Waals surface area contributed by atoms with Gasteiger partial charge in [-0.3, -0.25) is 9.20 Å². The fraction of sp³-hybridized carbons (Fsp3) is 0.458. The van der Waals surface area contributed by atoms with Crippen LogP contribution in [0, 0.1) is 12.7 Å². The molecule has 0 spiro atoms. The number of carbonyl (C=O) groups is 1. The van der Waals surface area contributed by atoms with Crippen LogP contribution < -0.4 is 15.8 Å². The van der Waals surface area contributed by atoms with Gasteiger partial charge < -0.3 is 26.0 Å². The Morgan fingerprint density at radius 2 is 2.14 bits per heavy atom. The maximum atomic E-state index is 15.3. The highest BCUT2D eigenvalue weighted by Gasteiger charge is 2.39. The first-order valence-electron chi connectivity index (χ1n) is 11.4. The number of aryl methyl sites for hydroxylation is 1. The van der Waals surface area contributed by atoms with Gasteiger partial charge in [0, 0.05) is 24.0 Å². The van der Waals surface area contributed by atoms with E-state index < -0.39 is 35.1 Å². The van der Waals surface area contributed by atoms with Gasteiger partial charge in [-0.2, -0.15) is 0 Å². The fourth-order valence-electron chi connectivity index (χ4n) is 4.58. The number of nitrogens with zero attached hydrogens (tertiary/aromatic N) is 3. The van der Waals surface area contributed by atoms with Crippen LogP contribution >= 0.6 is 11.6 Å². The van der Waals surface area contributed by atoms with Gasteiger partial charge in [0.1, 0.15) is 34.1 Å². The van der Waals surface area contributed by atoms with Crippen molar-refractivity contribution in [3.05, 3.63) is 51.9 Å². The van der Waals surface area contributed by atoms with E-state index in [0.717, 1.165) is 0 Å². The van der Waals surface area contributed by atoms with Crippen LogP contribution in [0.5, 0.6) is 5.75 Å². The molecule has 0 unspecified atom stereocenters. The SMILES string of the molecule is Cc1nc([C@@](C)(O)c2cc(Cl)c(F)c(C(=O)N[C@@H]3CC[C@@H](O)C3)c2OC(C)C)n2ccnc(N)c12. The van der Waals surface area contributed by atoms with Crippen molar-refractivity contribution in [2.45, 2.75) is 70.8 Å². The zero-order valence-corrected chi connectivity index (χ0v) is 20.7. The number of aliphatic hydroxyl groups excluding tert-OH is 1. The van der Waals surface area contributed by atoms with Crippen LogP contribution in [-0.2, 0) is 5.60 Å². The molecule has 1 saturated carbocycles. The highest BCUT2D eigenvalue weighted by molar-refractivity contribution is 6.31. The summed E-state index contributed by atoms with van der Waals surface area (Å²) < 4.78 is 22.9. The summed E-state index contributed by atoms with van der Waals surface area (Å²) in [5.41, 5.74) is 4.85. The number of ether oxygens (including phenoxy) is 1. The zero-order valence-electron chi connectivity index (χ0n) is 20.0. The molecule has 1 aliphatic rings. The number of anilines is 1. The number of nitrogens with two attached hydrogens (primary N) is 1. The second-order valence-electron chi connectivity index (χ2n) is 9.35. The third kappa shape index (κ3) is 4.53. The van der Waals surface area contributed by atoms with Crippen molar-refractivity contribution in [2.24, 2.45) is 0 Å². The molecule has 3 aromatic rings. The van der Waals surface area contributed by atoms with Crippen LogP contribution in [0.2, 0.25) is 5.02 Å². The van der Waals surface area contributed by atoms with Crippen molar-refractivity contribution in [3.63, 3.8) is 0 Å². The van der Waals surface area contributed by atoms with Crippen LogP contribution in [0.3, 0.4) is 0 Å². The molecule has 3 atom stereocenters. The highest BCUT2D eigenvalue weighted by atomic mass is 35.5. The van der Waals surface area contributed by atoms with E-state index >= 15 is 4.39 Å². The van der Waals surface area contributed by atoms with E-state index in [0.29, 0.717) is 30.5 Å². The van der Waals surface area contributed by atoms with Crippen molar-refractivity contribution >= 4 is 28.8 Å². The van der Waals surface area contributed by atoms with E-state index in [2.05, 4.69) is 15.3 Å². The van der Waals surface area contributed by atoms with Gasteiger partial charge in [-0.25, -0.2) is 14.4 Å². The smallest absolute Gasteiger partial charge is 0.258 e. The Kier molecular flexibility index (Phi) is 6.65. The Bertz CT molecular complexity index is 1290. The van der Waals surface area contributed by atoms with Crippen molar-refractivity contribution in [3.8, 4) is 5.75 Å². The minimum atomic E-state index is -1.87. The molecule has 2 heterocycles. The molecule has 0 bridgehead atoms. The number of aromatic nitrogens is 3. The molecule has 4 rings (SSSR count). The minimum absolute atomic E-state index is 0.0662. The van der Waals surface area contributed by atoms with Crippen LogP contribution in [-0.4, -0.2) is 48.7 Å². The predicted octanol–water partition coefficient (Wildman–Crippen LogP) is 3.10. The summed E-state index contributed by atoms with van der Waals surface area (Å²) in [5, 5.41) is 24.0. The standard InChI is InChI=1S/C24H29ClFN5O4/c1-11(2)35-20-15(24(4,34)23-29-12(3)19-21(27)28-7-8-31(19)23)10-16(25)18(26)17(20)22(33)30-13-5-6-14(32)9-13/h7-8,10-11,13-14,32,34H,5-6,9H2,1-4H3,(H2,27,28)(H,30,33)/t13-,14-,24+/m1/s1. The number of amides is 1. The third-order valence-electron chi connectivity index (χ3n) is 6.21. The molecule has 1 aliphatic carbocycles. The summed E-state index contributed by atoms with van der Waals surface area (Å²) in [6.45, 7) is 6.64. The number of nitrogens with one attached hydrogen (secondary N) is 1. The lowest BCUT2D eigenvalue weighted by Gasteiger charge is -2.28. The van der Waals surface area contributed by atoms with Crippen molar-refractivity contribution in [1.29, 1.82) is 0 Å². The number of rotatable bonds is 6. The second-order valence-corrected chi connectivity index (χ2v) is 9.76. The number of imidazole rings is 1. The molecular weight excluding hydrogens is 477 g/mol. The molecule has 9 nitrogen and oxygen atoms in total. The molecular formula is C24H29ClFN5O4. The molecule has 1 fully saturated rings. The molecule has 188 valence electrons. The summed E-state index contributed by atoms with van der Waals surface area (Å²) >= 11 is 6.23. The van der Waals surface area contributed by atoms with Crippen LogP contribution in [0.4, 0.5) is 10.2 Å². The van der Waals surface area contributed by atoms with Gasteiger partial charge >= 0.3 is 0 Å². The Balaban J connectivity index is 1.90. The van der Waals surface area contributed by atoms with E-state index in [1.807, 2.05) is 0 Å². The lowest BCUT2D eigenvalue weighted by atomic mass is 9.91. The zero-order chi connectivity index (χ0) is 25.7. The van der Waals surface area contributed by atoms with Gasteiger partial charge in [-0.05, 0) is 53.0 Å². The van der Waals surface area contributed by atoms with Crippen LogP contribution in [0.25, 0.3) is 5.52 Å². The van der Waals surface area contributed by atoms with Crippen LogP contribution in [0.15, 0.2) is 18.5 Å². The lowest BCUT2D eigenvalue weighted by Crippen LogP contribution is -2.35. The Labute approximate surface area is 207 Å². The number of aliphatic hydroxyl groups is 2. The number of nitrogen functional groups attached to an aromatic ring is 1. The van der Waals surface area contributed by atoms with Gasteiger partial charge in [0.15, 0.2) is 5.82 Å². The van der Waals surface area contributed by atoms with E-state index in [9.17, 15) is 15.0 Å². The number of hydrogen-bond donors (Lipinski definition) is 4. The Morgan fingerprint density at radius 1 is 1.43 bits per heavy atom. The largest absolute Gasteiger partial charge is 0.490 e. The fourth-order valence-corrected chi connectivity index (χ4v) is 4.79. The average Bonchev–Trinajstić information content (AvgIpc) is 3.33. The highest BCUT2D eigenvalue weighted by Crippen LogP contribution is 2.42. The normalized spacial score (nSPS) is 19.8. The number of fused-ring (bicyclic) bond motifs is 1. The first kappa shape index (κ1) is 25.2. The quantitative estimate of drug-likeness (QED) is 0.404. The van der Waals surface area contributed by atoms with Gasteiger partial charge in [0.2, 0.25) is 0 Å². The maximum Gasteiger partial charge on any atom is 0.258 e. The maximum absolute atomic E-state index is 15.3. The van der Waals surface area contributed by atoms with Crippen molar-refractivity contribution in [1.82, 2.24) is 19.7 Å². The average molecular weight is 506 g/mol. The minimum Gasteiger partial charge on any atom is -0.490 e. The molecule has 1 aromatic carbocycles. The molecule has 11 heteroatoms. The van der Waals surface area contributed by atoms with Crippen LogP contribution in [0.1, 0.15) is 67.5 Å². The summed E-state index contributed by atoms with van der Waals surface area (Å²) in [7, 11) is 0. The molecule has 1 amide bonds. The first-order valence-corrected chi connectivity index (χ1v) is 11.8. The number of benzene rings is 1. The summed E-state index contributed by atoms with van der Waals surface area (Å²) in [4.78, 5) is 21.8. The van der Waals surface area contributed by atoms with Gasteiger partial charge in [0.05, 0.1) is 22.9 Å². The molecule has 0 radical (unpaired) electrons. The van der Waals surface area contributed by atoms with Gasteiger partial charge in [0.25, 0.3) is 5.91 Å². The molecule has 2 aromatic heterocycles. The van der Waals surface area contributed by atoms with E-state index in [1.165, 1.54) is 19.2 Å². The monoisotopic (exact) mass is 505 g/mol. The molecule has 5 N–H and O–H groups in total. The Hall–Kier alpha value is -2.95. The third-order valence-corrected chi connectivity index (χ3v) is 6.48. The molecule has 35 heavy (non-hydrogen) atoms. The Morgan fingerprint density at radius 3 is 2.77 bits per heavy atom. The molecule has 0 saturated heterocycles. The van der Waals surface area contributed by atoms with Gasteiger partial charge in [-0.1, -0.05) is 11.6 Å². The number of hydrogen-bond acceptors (Lipinski definition) is 7. The lowest BCUT2D eigenvalue weighted by molar-refractivity contribution is 0.0839. The van der Waals surface area contributed by atoms with Crippen molar-refractivity contribution < 1.29 is 24.1 Å². The van der Waals surface area contributed by atoms with E-state index in [1.54, 1.807) is 31.4 Å². The van der Waals surface area contributed by atoms with Gasteiger partial charge in [-0.15, -0.1) is 0 Å². The van der Waals surface area contributed by atoms with E-state index in [-0.39, 0.29) is 34.0 Å². The summed E-state index contributed by atoms with van der Waals surface area (Å²) in [5.74, 6) is -1.45. The summed E-state index contributed by atoms with van der Waals surface area (Å²) in [6.07, 6.45) is 3.57. The second kappa shape index (κ2) is 9.25. The summed E-state index contributed by atoms with van der Waals surface area (Å²) in [6, 6.07) is 0.923. The number of halogens is 2. The van der Waals surface area contributed by atoms with Crippen molar-refractivity contribution in [2.75, 3.05) is 5.73 Å². The first-order chi connectivity index (χ1) is 16.4.